The van der Waals surface area contributed by atoms with Crippen molar-refractivity contribution in [3.8, 4) is 0 Å². The van der Waals surface area contributed by atoms with Crippen molar-refractivity contribution in [2.45, 2.75) is 11.4 Å². The van der Waals surface area contributed by atoms with Crippen molar-refractivity contribution in [3.05, 3.63) is 60.2 Å². The van der Waals surface area contributed by atoms with E-state index in [1.165, 1.54) is 12.1 Å². The monoisotopic (exact) mass is 277 g/mol. The molecular formula is C13H15N3O2S. The SMILES string of the molecule is NS(=O)(=O)c1ccc(NNCc2ccccc2)cc1. The van der Waals surface area contributed by atoms with E-state index in [2.05, 4.69) is 10.9 Å². The minimum atomic E-state index is -3.63. The van der Waals surface area contributed by atoms with Gasteiger partial charge in [-0.3, -0.25) is 0 Å². The molecule has 0 amide bonds. The number of anilines is 1. The van der Waals surface area contributed by atoms with E-state index in [1.54, 1.807) is 12.1 Å². The van der Waals surface area contributed by atoms with Gasteiger partial charge in [0, 0.05) is 12.2 Å². The Hall–Kier alpha value is -1.89. The summed E-state index contributed by atoms with van der Waals surface area (Å²) >= 11 is 0. The van der Waals surface area contributed by atoms with E-state index < -0.39 is 10.0 Å². The zero-order valence-corrected chi connectivity index (χ0v) is 11.0. The van der Waals surface area contributed by atoms with Crippen LogP contribution in [0.4, 0.5) is 5.69 Å². The predicted molar refractivity (Wildman–Crippen MR) is 74.7 cm³/mol. The molecule has 6 heteroatoms. The molecule has 100 valence electrons. The zero-order chi connectivity index (χ0) is 13.7. The fraction of sp³-hybridized carbons (Fsp3) is 0.0769. The summed E-state index contributed by atoms with van der Waals surface area (Å²) in [5.74, 6) is 0. The first-order chi connectivity index (χ1) is 9.05. The van der Waals surface area contributed by atoms with E-state index in [9.17, 15) is 8.42 Å². The summed E-state index contributed by atoms with van der Waals surface area (Å²) in [7, 11) is -3.63. The molecule has 2 aromatic carbocycles. The molecule has 0 bridgehead atoms. The Balaban J connectivity index is 1.90. The highest BCUT2D eigenvalue weighted by Gasteiger charge is 2.06. The topological polar surface area (TPSA) is 84.2 Å². The van der Waals surface area contributed by atoms with Crippen LogP contribution in [0.5, 0.6) is 0 Å². The van der Waals surface area contributed by atoms with Crippen molar-refractivity contribution in [2.24, 2.45) is 5.14 Å². The molecule has 0 unspecified atom stereocenters. The van der Waals surface area contributed by atoms with Gasteiger partial charge in [-0.05, 0) is 29.8 Å². The maximum absolute atomic E-state index is 11.1. The number of primary sulfonamides is 1. The third-order valence-electron chi connectivity index (χ3n) is 2.55. The summed E-state index contributed by atoms with van der Waals surface area (Å²) in [4.78, 5) is 0.0982. The van der Waals surface area contributed by atoms with E-state index in [0.29, 0.717) is 6.54 Å². The Morgan fingerprint density at radius 1 is 0.947 bits per heavy atom. The lowest BCUT2D eigenvalue weighted by atomic mass is 10.2. The maximum atomic E-state index is 11.1. The van der Waals surface area contributed by atoms with Gasteiger partial charge >= 0.3 is 0 Å². The minimum Gasteiger partial charge on any atom is -0.321 e. The number of benzene rings is 2. The van der Waals surface area contributed by atoms with Gasteiger partial charge in [-0.2, -0.15) is 0 Å². The largest absolute Gasteiger partial charge is 0.321 e. The van der Waals surface area contributed by atoms with E-state index >= 15 is 0 Å². The van der Waals surface area contributed by atoms with Crippen LogP contribution >= 0.6 is 0 Å². The van der Waals surface area contributed by atoms with Crippen LogP contribution in [-0.4, -0.2) is 8.42 Å². The van der Waals surface area contributed by atoms with Crippen LogP contribution in [0.1, 0.15) is 5.56 Å². The number of sulfonamides is 1. The van der Waals surface area contributed by atoms with Crippen molar-refractivity contribution in [1.29, 1.82) is 0 Å². The van der Waals surface area contributed by atoms with E-state index in [0.717, 1.165) is 11.3 Å². The van der Waals surface area contributed by atoms with Crippen molar-refractivity contribution in [1.82, 2.24) is 5.43 Å². The molecule has 0 radical (unpaired) electrons. The predicted octanol–water partition coefficient (Wildman–Crippen LogP) is 1.45. The van der Waals surface area contributed by atoms with Crippen LogP contribution < -0.4 is 16.0 Å². The first kappa shape index (κ1) is 13.5. The number of rotatable bonds is 5. The highest BCUT2D eigenvalue weighted by atomic mass is 32.2. The molecular weight excluding hydrogens is 262 g/mol. The smallest absolute Gasteiger partial charge is 0.238 e. The Kier molecular flexibility index (Phi) is 4.16. The lowest BCUT2D eigenvalue weighted by Crippen LogP contribution is -2.20. The molecule has 4 N–H and O–H groups in total. The standard InChI is InChI=1S/C13H15N3O2S/c14-19(17,18)13-8-6-12(7-9-13)16-15-10-11-4-2-1-3-5-11/h1-9,15-16H,10H2,(H2,14,17,18). The van der Waals surface area contributed by atoms with Crippen LogP contribution in [0, 0.1) is 0 Å². The van der Waals surface area contributed by atoms with Crippen LogP contribution in [0.15, 0.2) is 59.5 Å². The molecule has 0 spiro atoms. The van der Waals surface area contributed by atoms with Gasteiger partial charge in [0.25, 0.3) is 0 Å². The third-order valence-corrected chi connectivity index (χ3v) is 3.48. The van der Waals surface area contributed by atoms with Gasteiger partial charge in [-0.15, -0.1) is 0 Å². The summed E-state index contributed by atoms with van der Waals surface area (Å²) in [5.41, 5.74) is 7.95. The number of nitrogens with one attached hydrogen (secondary N) is 2. The second-order valence-corrected chi connectivity index (χ2v) is 5.59. The van der Waals surface area contributed by atoms with Gasteiger partial charge in [0.05, 0.1) is 4.90 Å². The van der Waals surface area contributed by atoms with Crippen LogP contribution in [0.2, 0.25) is 0 Å². The molecule has 0 aromatic heterocycles. The molecule has 0 aliphatic carbocycles. The van der Waals surface area contributed by atoms with Crippen LogP contribution in [0.3, 0.4) is 0 Å². The van der Waals surface area contributed by atoms with E-state index in [4.69, 9.17) is 5.14 Å². The first-order valence-electron chi connectivity index (χ1n) is 5.71. The number of hydrogen-bond acceptors (Lipinski definition) is 4. The van der Waals surface area contributed by atoms with Gasteiger partial charge in [0.2, 0.25) is 10.0 Å². The number of nitrogens with two attached hydrogens (primary N) is 1. The molecule has 2 aromatic rings. The molecule has 2 rings (SSSR count). The number of hydrogen-bond donors (Lipinski definition) is 3. The second kappa shape index (κ2) is 5.83. The second-order valence-electron chi connectivity index (χ2n) is 4.03. The van der Waals surface area contributed by atoms with Crippen LogP contribution in [0.25, 0.3) is 0 Å². The zero-order valence-electron chi connectivity index (χ0n) is 10.2. The molecule has 0 aliphatic rings. The summed E-state index contributed by atoms with van der Waals surface area (Å²) in [6.07, 6.45) is 0. The van der Waals surface area contributed by atoms with Crippen molar-refractivity contribution in [2.75, 3.05) is 5.43 Å². The molecule has 0 heterocycles. The Morgan fingerprint density at radius 3 is 2.16 bits per heavy atom. The van der Waals surface area contributed by atoms with Gasteiger partial charge in [-0.1, -0.05) is 30.3 Å². The van der Waals surface area contributed by atoms with Crippen LogP contribution in [-0.2, 0) is 16.6 Å². The molecule has 0 aliphatic heterocycles. The lowest BCUT2D eigenvalue weighted by molar-refractivity contribution is 0.598. The Bertz CT molecular complexity index is 625. The van der Waals surface area contributed by atoms with E-state index in [-0.39, 0.29) is 4.90 Å². The third kappa shape index (κ3) is 4.06. The summed E-state index contributed by atoms with van der Waals surface area (Å²) in [6.45, 7) is 0.664. The average Bonchev–Trinajstić information content (AvgIpc) is 2.39. The summed E-state index contributed by atoms with van der Waals surface area (Å²) in [5, 5.41) is 5.02. The van der Waals surface area contributed by atoms with Crippen molar-refractivity contribution >= 4 is 15.7 Å². The molecule has 0 fully saturated rings. The highest BCUT2D eigenvalue weighted by molar-refractivity contribution is 7.89. The van der Waals surface area contributed by atoms with Gasteiger partial charge < -0.3 is 5.43 Å². The molecule has 5 nitrogen and oxygen atoms in total. The maximum Gasteiger partial charge on any atom is 0.238 e. The number of hydrazine groups is 1. The highest BCUT2D eigenvalue weighted by Crippen LogP contribution is 2.11. The Morgan fingerprint density at radius 2 is 1.58 bits per heavy atom. The normalized spacial score (nSPS) is 11.2. The fourth-order valence-electron chi connectivity index (χ4n) is 1.57. The first-order valence-corrected chi connectivity index (χ1v) is 7.26. The fourth-order valence-corrected chi connectivity index (χ4v) is 2.09. The molecule has 0 atom stereocenters. The summed E-state index contributed by atoms with van der Waals surface area (Å²) in [6, 6.07) is 16.1. The molecule has 0 saturated carbocycles. The lowest BCUT2D eigenvalue weighted by Gasteiger charge is -2.08. The van der Waals surface area contributed by atoms with Gasteiger partial charge in [0.15, 0.2) is 0 Å². The van der Waals surface area contributed by atoms with Gasteiger partial charge in [0.1, 0.15) is 0 Å². The van der Waals surface area contributed by atoms with E-state index in [1.807, 2.05) is 30.3 Å². The minimum absolute atomic E-state index is 0.0982. The molecule has 19 heavy (non-hydrogen) atoms. The van der Waals surface area contributed by atoms with Crippen molar-refractivity contribution in [3.63, 3.8) is 0 Å². The average molecular weight is 277 g/mol. The van der Waals surface area contributed by atoms with Gasteiger partial charge in [-0.25, -0.2) is 19.0 Å². The quantitative estimate of drug-likeness (QED) is 0.722. The van der Waals surface area contributed by atoms with Crippen molar-refractivity contribution < 1.29 is 8.42 Å². The molecule has 0 saturated heterocycles. The Labute approximate surface area is 112 Å². The summed E-state index contributed by atoms with van der Waals surface area (Å²) < 4.78 is 22.2.